The van der Waals surface area contributed by atoms with Gasteiger partial charge in [-0.05, 0) is 54.3 Å². The zero-order valence-electron chi connectivity index (χ0n) is 23.3. The van der Waals surface area contributed by atoms with Crippen molar-refractivity contribution < 1.29 is 23.7 Å². The number of rotatable bonds is 13. The van der Waals surface area contributed by atoms with Gasteiger partial charge in [0.1, 0.15) is 11.6 Å². The largest absolute Gasteiger partial charge is 0.494 e. The third-order valence-electron chi connectivity index (χ3n) is 6.64. The molecule has 206 valence electrons. The van der Waals surface area contributed by atoms with E-state index in [-0.39, 0.29) is 5.91 Å². The van der Waals surface area contributed by atoms with Gasteiger partial charge in [0.2, 0.25) is 5.75 Å². The highest BCUT2D eigenvalue weighted by Crippen LogP contribution is 2.38. The molecule has 3 aromatic carbocycles. The second-order valence-corrected chi connectivity index (χ2v) is 9.51. The average molecular weight is 532 g/mol. The number of aromatic nitrogens is 2. The van der Waals surface area contributed by atoms with Crippen LogP contribution in [0.3, 0.4) is 0 Å². The fourth-order valence-electron chi connectivity index (χ4n) is 4.53. The van der Waals surface area contributed by atoms with Gasteiger partial charge in [-0.1, -0.05) is 38.1 Å². The molecular weight excluding hydrogens is 494 g/mol. The summed E-state index contributed by atoms with van der Waals surface area (Å²) in [5, 5.41) is 2.99. The minimum absolute atomic E-state index is 0.228. The van der Waals surface area contributed by atoms with Crippen molar-refractivity contribution in [2.75, 3.05) is 34.5 Å². The summed E-state index contributed by atoms with van der Waals surface area (Å²) in [6, 6.07) is 19.7. The number of imidazole rings is 1. The van der Waals surface area contributed by atoms with Gasteiger partial charge in [0.05, 0.1) is 39.0 Å². The molecule has 0 saturated carbocycles. The van der Waals surface area contributed by atoms with Crippen LogP contribution in [0.4, 0.5) is 0 Å². The Bertz CT molecular complexity index is 1370. The lowest BCUT2D eigenvalue weighted by atomic mass is 10.0. The van der Waals surface area contributed by atoms with E-state index in [0.29, 0.717) is 48.3 Å². The Morgan fingerprint density at radius 1 is 0.949 bits per heavy atom. The molecule has 0 atom stereocenters. The number of carbonyl (C=O) groups is 1. The molecule has 0 bridgehead atoms. The summed E-state index contributed by atoms with van der Waals surface area (Å²) >= 11 is 0. The quantitative estimate of drug-likeness (QED) is 0.225. The van der Waals surface area contributed by atoms with Gasteiger partial charge in [0.25, 0.3) is 5.91 Å². The molecule has 0 spiro atoms. The summed E-state index contributed by atoms with van der Waals surface area (Å²) in [5.74, 6) is 3.38. The minimum Gasteiger partial charge on any atom is -0.494 e. The number of nitrogens with zero attached hydrogens (tertiary/aromatic N) is 2. The summed E-state index contributed by atoms with van der Waals surface area (Å²) in [5.41, 5.74) is 3.74. The van der Waals surface area contributed by atoms with Crippen molar-refractivity contribution in [3.05, 3.63) is 77.6 Å². The number of nitrogens with one attached hydrogen (secondary N) is 1. The number of hydrogen-bond acceptors (Lipinski definition) is 6. The molecule has 0 aliphatic heterocycles. The second-order valence-electron chi connectivity index (χ2n) is 9.51. The molecule has 8 heteroatoms. The molecule has 0 fully saturated rings. The van der Waals surface area contributed by atoms with E-state index in [4.69, 9.17) is 23.9 Å². The Balaban J connectivity index is 1.38. The Hall–Kier alpha value is -4.20. The lowest BCUT2D eigenvalue weighted by Crippen LogP contribution is -2.26. The maximum absolute atomic E-state index is 12.9. The van der Waals surface area contributed by atoms with E-state index in [2.05, 4.69) is 41.9 Å². The Morgan fingerprint density at radius 3 is 2.28 bits per heavy atom. The van der Waals surface area contributed by atoms with Gasteiger partial charge >= 0.3 is 0 Å². The zero-order chi connectivity index (χ0) is 27.8. The van der Waals surface area contributed by atoms with Gasteiger partial charge in [0.15, 0.2) is 11.5 Å². The molecule has 1 N–H and O–H groups in total. The topological polar surface area (TPSA) is 83.8 Å². The molecule has 4 aromatic rings. The van der Waals surface area contributed by atoms with E-state index in [9.17, 15) is 4.79 Å². The van der Waals surface area contributed by atoms with Crippen molar-refractivity contribution in [3.63, 3.8) is 0 Å². The third kappa shape index (κ3) is 6.63. The number of carbonyl (C=O) groups excluding carboxylic acids is 1. The van der Waals surface area contributed by atoms with Crippen molar-refractivity contribution in [1.29, 1.82) is 0 Å². The predicted molar refractivity (Wildman–Crippen MR) is 153 cm³/mol. The number of benzene rings is 3. The summed E-state index contributed by atoms with van der Waals surface area (Å²) < 4.78 is 24.3. The second kappa shape index (κ2) is 13.0. The third-order valence-corrected chi connectivity index (χ3v) is 6.64. The normalized spacial score (nSPS) is 11.0. The van der Waals surface area contributed by atoms with Crippen LogP contribution in [0.15, 0.2) is 60.7 Å². The van der Waals surface area contributed by atoms with Gasteiger partial charge in [-0.25, -0.2) is 4.98 Å². The van der Waals surface area contributed by atoms with Crippen LogP contribution >= 0.6 is 0 Å². The van der Waals surface area contributed by atoms with Crippen LogP contribution in [-0.4, -0.2) is 49.9 Å². The standard InChI is InChI=1S/C31H37N3O5/c1-21(2)22-11-13-24(14-12-22)39-18-8-17-34-26-10-7-6-9-25(26)33-29(34)15-16-32-31(35)23-19-27(36-3)30(38-5)28(20-23)37-4/h6-7,9-14,19-21H,8,15-18H2,1-5H3,(H,32,35). The first-order valence-corrected chi connectivity index (χ1v) is 13.2. The fraction of sp³-hybridized carbons (Fsp3) is 0.355. The van der Waals surface area contributed by atoms with Gasteiger partial charge in [-0.2, -0.15) is 0 Å². The number of aryl methyl sites for hydroxylation is 1. The molecule has 1 heterocycles. The number of methoxy groups -OCH3 is 3. The number of fused-ring (bicyclic) bond motifs is 1. The molecule has 8 nitrogen and oxygen atoms in total. The van der Waals surface area contributed by atoms with Crippen LogP contribution in [-0.2, 0) is 13.0 Å². The summed E-state index contributed by atoms with van der Waals surface area (Å²) in [6.07, 6.45) is 1.42. The van der Waals surface area contributed by atoms with E-state index in [1.807, 2.05) is 30.3 Å². The summed E-state index contributed by atoms with van der Waals surface area (Å²) in [4.78, 5) is 17.8. The lowest BCUT2D eigenvalue weighted by molar-refractivity contribution is 0.0953. The fourth-order valence-corrected chi connectivity index (χ4v) is 4.53. The average Bonchev–Trinajstić information content (AvgIpc) is 3.31. The molecular formula is C31H37N3O5. The number of para-hydroxylation sites is 2. The molecule has 1 aromatic heterocycles. The molecule has 0 unspecified atom stereocenters. The molecule has 4 rings (SSSR count). The first kappa shape index (κ1) is 27.8. The first-order valence-electron chi connectivity index (χ1n) is 13.2. The van der Waals surface area contributed by atoms with E-state index in [1.165, 1.54) is 26.9 Å². The molecule has 39 heavy (non-hydrogen) atoms. The van der Waals surface area contributed by atoms with Gasteiger partial charge in [-0.15, -0.1) is 0 Å². The predicted octanol–water partition coefficient (Wildman–Crippen LogP) is 5.63. The minimum atomic E-state index is -0.228. The van der Waals surface area contributed by atoms with E-state index in [0.717, 1.165) is 35.6 Å². The molecule has 0 saturated heterocycles. The smallest absolute Gasteiger partial charge is 0.251 e. The Morgan fingerprint density at radius 2 is 1.64 bits per heavy atom. The first-order chi connectivity index (χ1) is 18.9. The van der Waals surface area contributed by atoms with Crippen LogP contribution in [0.2, 0.25) is 0 Å². The summed E-state index contributed by atoms with van der Waals surface area (Å²) in [7, 11) is 4.58. The van der Waals surface area contributed by atoms with Crippen molar-refractivity contribution in [2.24, 2.45) is 0 Å². The van der Waals surface area contributed by atoms with E-state index >= 15 is 0 Å². The molecule has 0 aliphatic rings. The van der Waals surface area contributed by atoms with Crippen LogP contribution in [0.1, 0.15) is 47.9 Å². The molecule has 0 radical (unpaired) electrons. The highest BCUT2D eigenvalue weighted by molar-refractivity contribution is 5.95. The Kier molecular flexibility index (Phi) is 9.31. The number of amides is 1. The van der Waals surface area contributed by atoms with Gasteiger partial charge in [0, 0.05) is 25.1 Å². The van der Waals surface area contributed by atoms with Crippen molar-refractivity contribution in [3.8, 4) is 23.0 Å². The lowest BCUT2D eigenvalue weighted by Gasteiger charge is -2.14. The SMILES string of the molecule is COc1cc(C(=O)NCCc2nc3ccccc3n2CCCOc2ccc(C(C)C)cc2)cc(OC)c1OC. The van der Waals surface area contributed by atoms with Crippen LogP contribution in [0.25, 0.3) is 11.0 Å². The van der Waals surface area contributed by atoms with Crippen molar-refractivity contribution >= 4 is 16.9 Å². The van der Waals surface area contributed by atoms with Crippen LogP contribution < -0.4 is 24.3 Å². The number of ether oxygens (including phenoxy) is 4. The number of hydrogen-bond donors (Lipinski definition) is 1. The van der Waals surface area contributed by atoms with Crippen LogP contribution in [0.5, 0.6) is 23.0 Å². The van der Waals surface area contributed by atoms with E-state index < -0.39 is 0 Å². The Labute approximate surface area is 229 Å². The maximum atomic E-state index is 12.9. The highest BCUT2D eigenvalue weighted by atomic mass is 16.5. The molecule has 0 aliphatic carbocycles. The highest BCUT2D eigenvalue weighted by Gasteiger charge is 2.17. The van der Waals surface area contributed by atoms with Crippen molar-refractivity contribution in [1.82, 2.24) is 14.9 Å². The van der Waals surface area contributed by atoms with Crippen LogP contribution in [0, 0.1) is 0 Å². The monoisotopic (exact) mass is 531 g/mol. The van der Waals surface area contributed by atoms with Crippen molar-refractivity contribution in [2.45, 2.75) is 39.2 Å². The summed E-state index contributed by atoms with van der Waals surface area (Å²) in [6.45, 7) is 6.16. The molecule has 1 amide bonds. The van der Waals surface area contributed by atoms with Gasteiger partial charge in [-0.3, -0.25) is 4.79 Å². The van der Waals surface area contributed by atoms with Gasteiger partial charge < -0.3 is 28.8 Å². The maximum Gasteiger partial charge on any atom is 0.251 e. The van der Waals surface area contributed by atoms with E-state index in [1.54, 1.807) is 12.1 Å². The zero-order valence-corrected chi connectivity index (χ0v) is 23.3.